The lowest BCUT2D eigenvalue weighted by atomic mass is 9.52. The Morgan fingerprint density at radius 2 is 1.91 bits per heavy atom. The average Bonchev–Trinajstić information content (AvgIpc) is 2.80. The summed E-state index contributed by atoms with van der Waals surface area (Å²) in [4.78, 5) is 2.10. The Balaban J connectivity index is 1.54. The maximum Gasteiger partial charge on any atom is 0.119 e. The minimum Gasteiger partial charge on any atom is -0.508 e. The number of likely N-dealkylation sites (N-methyl/N-ethyl adjacent to an activating group) is 1. The Labute approximate surface area is 198 Å². The molecule has 0 amide bonds. The van der Waals surface area contributed by atoms with E-state index in [0.29, 0.717) is 36.7 Å². The number of phenolic OH excluding ortho intramolecular Hbond substituents is 1. The third-order valence-electron chi connectivity index (χ3n) is 8.25. The van der Waals surface area contributed by atoms with E-state index >= 15 is 0 Å². The molecule has 2 aliphatic carbocycles. The van der Waals surface area contributed by atoms with Gasteiger partial charge in [0.2, 0.25) is 0 Å². The number of phenols is 1. The number of benzene rings is 2. The maximum atomic E-state index is 11.6. The quantitative estimate of drug-likeness (QED) is 0.550. The van der Waals surface area contributed by atoms with Crippen molar-refractivity contribution in [3.8, 4) is 11.5 Å². The van der Waals surface area contributed by atoms with Gasteiger partial charge in [-0.05, 0) is 111 Å². The molecule has 0 spiro atoms. The Bertz CT molecular complexity index is 929. The molecule has 5 heteroatoms. The van der Waals surface area contributed by atoms with Crippen molar-refractivity contribution in [1.82, 2.24) is 4.90 Å². The van der Waals surface area contributed by atoms with Crippen molar-refractivity contribution in [2.24, 2.45) is 23.0 Å². The van der Waals surface area contributed by atoms with Gasteiger partial charge in [-0.15, -0.1) is 0 Å². The monoisotopic (exact) mass is 452 g/mol. The zero-order chi connectivity index (χ0) is 23.6. The number of rotatable bonds is 8. The first kappa shape index (κ1) is 24.1. The molecule has 0 bridgehead atoms. The molecule has 33 heavy (non-hydrogen) atoms. The van der Waals surface area contributed by atoms with Crippen molar-refractivity contribution in [2.45, 2.75) is 51.0 Å². The Morgan fingerprint density at radius 3 is 2.61 bits per heavy atom. The summed E-state index contributed by atoms with van der Waals surface area (Å²) in [6.07, 6.45) is 4.48. The average molecular weight is 453 g/mol. The normalized spacial score (nSPS) is 27.6. The number of nitrogens with zero attached hydrogens (tertiary/aromatic N) is 1. The van der Waals surface area contributed by atoms with E-state index in [-0.39, 0.29) is 5.41 Å². The number of aryl methyl sites for hydroxylation is 1. The summed E-state index contributed by atoms with van der Waals surface area (Å²) in [5, 5.41) is 21.6. The first-order chi connectivity index (χ1) is 15.8. The minimum absolute atomic E-state index is 0.220. The zero-order valence-corrected chi connectivity index (χ0v) is 20.3. The van der Waals surface area contributed by atoms with Crippen LogP contribution < -0.4 is 10.5 Å². The summed E-state index contributed by atoms with van der Waals surface area (Å²) < 4.78 is 5.84. The first-order valence-corrected chi connectivity index (χ1v) is 12.4. The van der Waals surface area contributed by atoms with Crippen LogP contribution in [0.4, 0.5) is 0 Å². The first-order valence-electron chi connectivity index (χ1n) is 12.4. The van der Waals surface area contributed by atoms with Gasteiger partial charge in [0, 0.05) is 12.0 Å². The molecule has 2 aromatic carbocycles. The van der Waals surface area contributed by atoms with Crippen LogP contribution in [0.3, 0.4) is 0 Å². The van der Waals surface area contributed by atoms with E-state index in [1.165, 1.54) is 11.1 Å². The molecule has 5 atom stereocenters. The van der Waals surface area contributed by atoms with Crippen LogP contribution in [-0.2, 0) is 6.42 Å². The fraction of sp³-hybridized carbons (Fsp3) is 0.571. The van der Waals surface area contributed by atoms with Crippen molar-refractivity contribution in [1.29, 1.82) is 0 Å². The van der Waals surface area contributed by atoms with Gasteiger partial charge >= 0.3 is 0 Å². The van der Waals surface area contributed by atoms with E-state index in [9.17, 15) is 10.2 Å². The molecule has 0 aliphatic heterocycles. The standard InChI is InChI=1S/C28H40N2O3/c1-28(27(32)19-4-8-22(9-5-19)33-17-16-30(2)3)14-12-24-23-11-7-21(31)18-20(23)6-10-25(24)26(28)13-15-29/h4-5,7-9,11,18,24-27,31-32H,6,10,12-17,29H2,1-3H3/t24-,25-,26+,27?,28+/m1/s1. The molecule has 1 fully saturated rings. The van der Waals surface area contributed by atoms with E-state index in [1.54, 1.807) is 0 Å². The van der Waals surface area contributed by atoms with Crippen molar-refractivity contribution >= 4 is 0 Å². The third-order valence-corrected chi connectivity index (χ3v) is 8.25. The highest BCUT2D eigenvalue weighted by Crippen LogP contribution is 2.59. The SMILES string of the molecule is CN(C)CCOc1ccc(C(O)[C@@]2(C)CC[C@@H]3c4ccc(O)cc4CC[C@H]3[C@@H]2CCN)cc1. The molecule has 1 unspecified atom stereocenters. The number of hydrogen-bond acceptors (Lipinski definition) is 5. The van der Waals surface area contributed by atoms with Crippen LogP contribution in [0, 0.1) is 17.3 Å². The Morgan fingerprint density at radius 1 is 1.15 bits per heavy atom. The van der Waals surface area contributed by atoms with E-state index in [1.807, 2.05) is 50.5 Å². The van der Waals surface area contributed by atoms with Crippen molar-refractivity contribution in [3.05, 3.63) is 59.2 Å². The summed E-state index contributed by atoms with van der Waals surface area (Å²) in [5.41, 5.74) is 9.53. The predicted molar refractivity (Wildman–Crippen MR) is 133 cm³/mol. The van der Waals surface area contributed by atoms with Gasteiger partial charge in [0.15, 0.2) is 0 Å². The van der Waals surface area contributed by atoms with E-state index in [4.69, 9.17) is 10.5 Å². The van der Waals surface area contributed by atoms with Gasteiger partial charge in [-0.25, -0.2) is 0 Å². The molecule has 4 N–H and O–H groups in total. The Kier molecular flexibility index (Phi) is 7.32. The number of aliphatic hydroxyl groups is 1. The van der Waals surface area contributed by atoms with E-state index in [0.717, 1.165) is 50.0 Å². The second-order valence-electron chi connectivity index (χ2n) is 10.5. The van der Waals surface area contributed by atoms with Crippen LogP contribution in [0.2, 0.25) is 0 Å². The molecular formula is C28H40N2O3. The molecule has 2 aromatic rings. The smallest absolute Gasteiger partial charge is 0.119 e. The van der Waals surface area contributed by atoms with Crippen molar-refractivity contribution < 1.29 is 14.9 Å². The lowest BCUT2D eigenvalue weighted by molar-refractivity contribution is -0.0730. The summed E-state index contributed by atoms with van der Waals surface area (Å²) in [6.45, 7) is 4.42. The van der Waals surface area contributed by atoms with Gasteiger partial charge in [0.25, 0.3) is 0 Å². The van der Waals surface area contributed by atoms with Crippen LogP contribution in [0.5, 0.6) is 11.5 Å². The molecule has 2 aliphatic rings. The summed E-state index contributed by atoms with van der Waals surface area (Å²) in [6, 6.07) is 13.9. The number of fused-ring (bicyclic) bond motifs is 3. The molecule has 1 saturated carbocycles. The number of aliphatic hydroxyl groups excluding tert-OH is 1. The summed E-state index contributed by atoms with van der Waals surface area (Å²) in [5.74, 6) is 2.55. The van der Waals surface area contributed by atoms with Crippen LogP contribution in [0.15, 0.2) is 42.5 Å². The molecule has 4 rings (SSSR count). The molecular weight excluding hydrogens is 412 g/mol. The second kappa shape index (κ2) is 10.0. The lowest BCUT2D eigenvalue weighted by Gasteiger charge is -2.54. The van der Waals surface area contributed by atoms with Gasteiger partial charge in [-0.1, -0.05) is 25.1 Å². The van der Waals surface area contributed by atoms with Gasteiger partial charge in [0.05, 0.1) is 6.10 Å². The van der Waals surface area contributed by atoms with Gasteiger partial charge in [-0.2, -0.15) is 0 Å². The highest BCUT2D eigenvalue weighted by molar-refractivity contribution is 5.40. The second-order valence-corrected chi connectivity index (χ2v) is 10.5. The van der Waals surface area contributed by atoms with Crippen molar-refractivity contribution in [2.75, 3.05) is 33.8 Å². The molecule has 180 valence electrons. The highest BCUT2D eigenvalue weighted by atomic mass is 16.5. The van der Waals surface area contributed by atoms with E-state index in [2.05, 4.69) is 17.9 Å². The van der Waals surface area contributed by atoms with Crippen molar-refractivity contribution in [3.63, 3.8) is 0 Å². The van der Waals surface area contributed by atoms with Gasteiger partial charge in [0.1, 0.15) is 18.1 Å². The van der Waals surface area contributed by atoms with Crippen LogP contribution >= 0.6 is 0 Å². The van der Waals surface area contributed by atoms with Gasteiger partial charge in [-0.3, -0.25) is 0 Å². The summed E-state index contributed by atoms with van der Waals surface area (Å²) >= 11 is 0. The highest BCUT2D eigenvalue weighted by Gasteiger charge is 2.51. The molecule has 5 nitrogen and oxygen atoms in total. The fourth-order valence-corrected chi connectivity index (χ4v) is 6.45. The topological polar surface area (TPSA) is 79.0 Å². The largest absolute Gasteiger partial charge is 0.508 e. The third kappa shape index (κ3) is 4.91. The number of nitrogens with two attached hydrogens (primary N) is 1. The lowest BCUT2D eigenvalue weighted by Crippen LogP contribution is -2.46. The summed E-state index contributed by atoms with van der Waals surface area (Å²) in [7, 11) is 4.07. The van der Waals surface area contributed by atoms with Crippen LogP contribution in [0.25, 0.3) is 0 Å². The fourth-order valence-electron chi connectivity index (χ4n) is 6.45. The molecule has 0 aromatic heterocycles. The maximum absolute atomic E-state index is 11.6. The van der Waals surface area contributed by atoms with Gasteiger partial charge < -0.3 is 25.6 Å². The molecule has 0 heterocycles. The Hall–Kier alpha value is -2.08. The van der Waals surface area contributed by atoms with E-state index < -0.39 is 6.10 Å². The number of aromatic hydroxyl groups is 1. The molecule has 0 radical (unpaired) electrons. The number of hydrogen-bond donors (Lipinski definition) is 3. The minimum atomic E-state index is -0.535. The zero-order valence-electron chi connectivity index (χ0n) is 20.3. The van der Waals surface area contributed by atoms with Crippen LogP contribution in [-0.4, -0.2) is 48.9 Å². The number of ether oxygens (including phenoxy) is 1. The molecule has 0 saturated heterocycles. The predicted octanol–water partition coefficient (Wildman–Crippen LogP) is 4.48. The van der Waals surface area contributed by atoms with Crippen LogP contribution in [0.1, 0.15) is 61.3 Å².